The maximum absolute atomic E-state index is 13.9. The van der Waals surface area contributed by atoms with E-state index in [-0.39, 0.29) is 16.9 Å². The number of aryl methyl sites for hydroxylation is 2. The lowest BCUT2D eigenvalue weighted by Crippen LogP contribution is -2.16. The number of alkyl halides is 3. The standard InChI is InChI=1S/C30H25F3O5/c1-17(2)21-10-7-20(8-11-21)9-14-26(34)36-22-12-13-23-25(16-22)38-29(30(31,32)33)28(27(23)35)37-24-15-18(3)5-6-19(24)4/h5-17H,1-4H3. The van der Waals surface area contributed by atoms with Crippen LogP contribution in [0.15, 0.2) is 76.0 Å². The quantitative estimate of drug-likeness (QED) is 0.146. The molecule has 0 fully saturated rings. The molecular weight excluding hydrogens is 497 g/mol. The highest BCUT2D eigenvalue weighted by Crippen LogP contribution is 2.39. The summed E-state index contributed by atoms with van der Waals surface area (Å²) >= 11 is 0. The van der Waals surface area contributed by atoms with E-state index in [0.717, 1.165) is 22.8 Å². The van der Waals surface area contributed by atoms with E-state index in [2.05, 4.69) is 13.8 Å². The Hall–Kier alpha value is -4.33. The number of benzene rings is 3. The van der Waals surface area contributed by atoms with Gasteiger partial charge in [-0.15, -0.1) is 0 Å². The number of hydrogen-bond donors (Lipinski definition) is 0. The maximum atomic E-state index is 13.9. The van der Waals surface area contributed by atoms with Gasteiger partial charge in [0.15, 0.2) is 0 Å². The summed E-state index contributed by atoms with van der Waals surface area (Å²) in [6, 6.07) is 16.2. The van der Waals surface area contributed by atoms with Gasteiger partial charge in [-0.05, 0) is 66.3 Å². The molecule has 196 valence electrons. The highest BCUT2D eigenvalue weighted by atomic mass is 19.4. The second-order valence-electron chi connectivity index (χ2n) is 9.19. The van der Waals surface area contributed by atoms with E-state index < -0.39 is 34.7 Å². The lowest BCUT2D eigenvalue weighted by molar-refractivity contribution is -0.154. The third-order valence-corrected chi connectivity index (χ3v) is 5.87. The fourth-order valence-corrected chi connectivity index (χ4v) is 3.73. The first kappa shape index (κ1) is 26.7. The van der Waals surface area contributed by atoms with E-state index in [0.29, 0.717) is 11.5 Å². The van der Waals surface area contributed by atoms with E-state index in [1.807, 2.05) is 24.3 Å². The lowest BCUT2D eigenvalue weighted by Gasteiger charge is -2.15. The molecule has 0 saturated carbocycles. The zero-order valence-electron chi connectivity index (χ0n) is 21.2. The molecule has 0 aliphatic rings. The van der Waals surface area contributed by atoms with Crippen LogP contribution in [0.1, 0.15) is 47.8 Å². The van der Waals surface area contributed by atoms with Gasteiger partial charge in [0.25, 0.3) is 5.76 Å². The molecule has 38 heavy (non-hydrogen) atoms. The summed E-state index contributed by atoms with van der Waals surface area (Å²) in [6.45, 7) is 7.55. The molecule has 0 radical (unpaired) electrons. The summed E-state index contributed by atoms with van der Waals surface area (Å²) in [6.07, 6.45) is -2.25. The van der Waals surface area contributed by atoms with Gasteiger partial charge in [-0.1, -0.05) is 50.2 Å². The summed E-state index contributed by atoms with van der Waals surface area (Å²) in [4.78, 5) is 25.4. The predicted molar refractivity (Wildman–Crippen MR) is 139 cm³/mol. The molecule has 0 amide bonds. The summed E-state index contributed by atoms with van der Waals surface area (Å²) in [5.74, 6) is -2.89. The highest BCUT2D eigenvalue weighted by molar-refractivity contribution is 5.89. The van der Waals surface area contributed by atoms with Gasteiger partial charge in [0.05, 0.1) is 5.39 Å². The normalized spacial score (nSPS) is 11.9. The largest absolute Gasteiger partial charge is 0.453 e. The molecule has 1 heterocycles. The Labute approximate surface area is 217 Å². The second kappa shape index (κ2) is 10.6. The van der Waals surface area contributed by atoms with Crippen LogP contribution in [-0.2, 0) is 11.0 Å². The van der Waals surface area contributed by atoms with Gasteiger partial charge >= 0.3 is 12.1 Å². The number of rotatable bonds is 6. The molecule has 0 N–H and O–H groups in total. The second-order valence-corrected chi connectivity index (χ2v) is 9.19. The van der Waals surface area contributed by atoms with Crippen molar-refractivity contribution in [3.8, 4) is 17.2 Å². The van der Waals surface area contributed by atoms with Crippen LogP contribution in [0.25, 0.3) is 17.0 Å². The number of halogens is 3. The summed E-state index contributed by atoms with van der Waals surface area (Å²) in [5, 5.41) is -0.154. The van der Waals surface area contributed by atoms with Crippen LogP contribution in [0.3, 0.4) is 0 Å². The fraction of sp³-hybridized carbons (Fsp3) is 0.200. The Kier molecular flexibility index (Phi) is 7.44. The van der Waals surface area contributed by atoms with E-state index in [1.54, 1.807) is 32.1 Å². The van der Waals surface area contributed by atoms with Crippen LogP contribution in [-0.4, -0.2) is 5.97 Å². The van der Waals surface area contributed by atoms with E-state index in [1.165, 1.54) is 24.3 Å². The van der Waals surface area contributed by atoms with Crippen LogP contribution in [0.4, 0.5) is 13.2 Å². The maximum Gasteiger partial charge on any atom is 0.453 e. The van der Waals surface area contributed by atoms with Gasteiger partial charge < -0.3 is 13.9 Å². The molecule has 0 bridgehead atoms. The van der Waals surface area contributed by atoms with Crippen molar-refractivity contribution in [2.24, 2.45) is 0 Å². The van der Waals surface area contributed by atoms with Crippen molar-refractivity contribution in [3.63, 3.8) is 0 Å². The highest BCUT2D eigenvalue weighted by Gasteiger charge is 2.40. The summed E-state index contributed by atoms with van der Waals surface area (Å²) in [5.41, 5.74) is 1.84. The van der Waals surface area contributed by atoms with Gasteiger partial charge in [-0.2, -0.15) is 13.2 Å². The average molecular weight is 523 g/mol. The molecule has 0 atom stereocenters. The zero-order valence-corrected chi connectivity index (χ0v) is 21.2. The Balaban J connectivity index is 1.63. The SMILES string of the molecule is Cc1ccc(C)c(Oc2c(C(F)(F)F)oc3cc(OC(=O)C=Cc4ccc(C(C)C)cc4)ccc3c2=O)c1. The van der Waals surface area contributed by atoms with Gasteiger partial charge in [0.2, 0.25) is 11.2 Å². The first-order valence-electron chi connectivity index (χ1n) is 11.9. The molecule has 0 aliphatic carbocycles. The summed E-state index contributed by atoms with van der Waals surface area (Å²) < 4.78 is 57.4. The monoisotopic (exact) mass is 522 g/mol. The molecule has 5 nitrogen and oxygen atoms in total. The smallest absolute Gasteiger partial charge is 0.449 e. The minimum Gasteiger partial charge on any atom is -0.449 e. The minimum atomic E-state index is -5.01. The van der Waals surface area contributed by atoms with Gasteiger partial charge in [-0.3, -0.25) is 4.79 Å². The van der Waals surface area contributed by atoms with Crippen molar-refractivity contribution in [2.45, 2.75) is 39.8 Å². The number of carbonyl (C=O) groups is 1. The Morgan fingerprint density at radius 1 is 0.974 bits per heavy atom. The van der Waals surface area contributed by atoms with Gasteiger partial charge in [-0.25, -0.2) is 4.79 Å². The van der Waals surface area contributed by atoms with Crippen LogP contribution in [0.5, 0.6) is 17.2 Å². The number of hydrogen-bond acceptors (Lipinski definition) is 5. The Morgan fingerprint density at radius 3 is 2.34 bits per heavy atom. The average Bonchev–Trinajstić information content (AvgIpc) is 2.86. The number of esters is 1. The molecule has 4 aromatic rings. The first-order chi connectivity index (χ1) is 17.9. The predicted octanol–water partition coefficient (Wildman–Crippen LogP) is 7.96. The lowest BCUT2D eigenvalue weighted by atomic mass is 10.0. The Bertz CT molecular complexity index is 1580. The van der Waals surface area contributed by atoms with Crippen molar-refractivity contribution in [1.29, 1.82) is 0 Å². The molecule has 0 saturated heterocycles. The molecular formula is C30H25F3O5. The topological polar surface area (TPSA) is 65.7 Å². The molecule has 0 unspecified atom stereocenters. The van der Waals surface area contributed by atoms with E-state index >= 15 is 0 Å². The van der Waals surface area contributed by atoms with Gasteiger partial charge in [0.1, 0.15) is 17.1 Å². The molecule has 3 aromatic carbocycles. The molecule has 0 aliphatic heterocycles. The van der Waals surface area contributed by atoms with Crippen molar-refractivity contribution in [2.75, 3.05) is 0 Å². The van der Waals surface area contributed by atoms with Crippen LogP contribution < -0.4 is 14.9 Å². The fourth-order valence-electron chi connectivity index (χ4n) is 3.73. The van der Waals surface area contributed by atoms with Crippen LogP contribution in [0.2, 0.25) is 0 Å². The third-order valence-electron chi connectivity index (χ3n) is 5.87. The number of fused-ring (bicyclic) bond motifs is 1. The van der Waals surface area contributed by atoms with E-state index in [9.17, 15) is 22.8 Å². The van der Waals surface area contributed by atoms with Crippen molar-refractivity contribution >= 4 is 23.0 Å². The number of carbonyl (C=O) groups excluding carboxylic acids is 1. The van der Waals surface area contributed by atoms with Crippen LogP contribution in [0, 0.1) is 13.8 Å². The van der Waals surface area contributed by atoms with Crippen molar-refractivity contribution < 1.29 is 31.9 Å². The molecule has 0 spiro atoms. The minimum absolute atomic E-state index is 0.0817. The molecule has 4 rings (SSSR count). The van der Waals surface area contributed by atoms with Crippen molar-refractivity contribution in [3.05, 3.63) is 105 Å². The summed E-state index contributed by atoms with van der Waals surface area (Å²) in [7, 11) is 0. The Morgan fingerprint density at radius 2 is 1.68 bits per heavy atom. The zero-order chi connectivity index (χ0) is 27.6. The van der Waals surface area contributed by atoms with Crippen molar-refractivity contribution in [1.82, 2.24) is 0 Å². The van der Waals surface area contributed by atoms with Gasteiger partial charge in [0, 0.05) is 12.1 Å². The van der Waals surface area contributed by atoms with Crippen LogP contribution >= 0.6 is 0 Å². The van der Waals surface area contributed by atoms with E-state index in [4.69, 9.17) is 13.9 Å². The number of ether oxygens (including phenoxy) is 2. The molecule has 1 aromatic heterocycles. The first-order valence-corrected chi connectivity index (χ1v) is 11.9. The third kappa shape index (κ3) is 5.96. The molecule has 8 heteroatoms.